The molecule has 0 amide bonds. The van der Waals surface area contributed by atoms with E-state index in [1.54, 1.807) is 0 Å². The molecule has 0 radical (unpaired) electrons. The van der Waals surface area contributed by atoms with Gasteiger partial charge in [0.1, 0.15) is 0 Å². The summed E-state index contributed by atoms with van der Waals surface area (Å²) >= 11 is 1.97. The van der Waals surface area contributed by atoms with Gasteiger partial charge >= 0.3 is 0 Å². The van der Waals surface area contributed by atoms with E-state index in [1.807, 2.05) is 22.6 Å². The van der Waals surface area contributed by atoms with Crippen molar-refractivity contribution in [3.05, 3.63) is 0 Å². The second-order valence-electron chi connectivity index (χ2n) is 1.08. The largest absolute Gasteiger partial charge is 0.395 e. The van der Waals surface area contributed by atoms with Crippen LogP contribution in [0.2, 0.25) is 0 Å². The van der Waals surface area contributed by atoms with Crippen LogP contribution in [0.1, 0.15) is 0 Å². The molecule has 7 heavy (non-hydrogen) atoms. The summed E-state index contributed by atoms with van der Waals surface area (Å²) in [6.45, 7) is 0.234. The van der Waals surface area contributed by atoms with Gasteiger partial charge in [-0.05, 0) is 0 Å². The Kier molecular flexibility index (Phi) is 5.18. The van der Waals surface area contributed by atoms with Crippen LogP contribution >= 0.6 is 22.6 Å². The molecule has 0 saturated heterocycles. The zero-order valence-corrected chi connectivity index (χ0v) is 5.83. The topological polar surface area (TPSA) is 49.7 Å². The van der Waals surface area contributed by atoms with E-state index in [0.29, 0.717) is 0 Å². The fraction of sp³-hybridized carbons (Fsp3) is 1.00. The van der Waals surface area contributed by atoms with Crippen molar-refractivity contribution in [1.29, 1.82) is 0 Å². The first-order chi connectivity index (χ1) is 3.31. The first kappa shape index (κ1) is 7.61. The number of aliphatic hydroxyl groups is 1. The molecule has 1 unspecified atom stereocenters. The van der Waals surface area contributed by atoms with Crippen molar-refractivity contribution in [2.24, 2.45) is 0 Å². The molecule has 0 aliphatic rings. The number of rotatable bonds is 3. The van der Waals surface area contributed by atoms with Crippen LogP contribution in [0.3, 0.4) is 0 Å². The van der Waals surface area contributed by atoms with Crippen LogP contribution in [0.25, 0.3) is 0 Å². The summed E-state index contributed by atoms with van der Waals surface area (Å²) in [5.74, 6) is 0. The van der Waals surface area contributed by atoms with Gasteiger partial charge in [0.2, 0.25) is 0 Å². The van der Waals surface area contributed by atoms with Crippen molar-refractivity contribution in [3.8, 4) is 0 Å². The third-order valence-electron chi connectivity index (χ3n) is 0.453. The molecule has 3 nitrogen and oxygen atoms in total. The number of halogens is 1. The summed E-state index contributed by atoms with van der Waals surface area (Å²) < 4.78 is 0.00241. The highest BCUT2D eigenvalue weighted by Crippen LogP contribution is 1.96. The lowest BCUT2D eigenvalue weighted by atomic mass is 10.5. The fourth-order valence-corrected chi connectivity index (χ4v) is 0.294. The molecule has 0 saturated carbocycles. The van der Waals surface area contributed by atoms with Gasteiger partial charge in [-0.1, -0.05) is 22.6 Å². The van der Waals surface area contributed by atoms with E-state index in [9.17, 15) is 0 Å². The predicted octanol–water partition coefficient (Wildman–Crippen LogP) is 0.272. The average molecular weight is 218 g/mol. The lowest BCUT2D eigenvalue weighted by Gasteiger charge is -1.98. The Balaban J connectivity index is 2.83. The molecule has 0 spiro atoms. The summed E-state index contributed by atoms with van der Waals surface area (Å²) in [7, 11) is 0. The number of aliphatic hydroxyl groups excluding tert-OH is 1. The summed E-state index contributed by atoms with van der Waals surface area (Å²) in [5, 5.41) is 16.0. The Morgan fingerprint density at radius 3 is 2.43 bits per heavy atom. The number of hydrogen-bond acceptors (Lipinski definition) is 3. The molecular weight excluding hydrogens is 211 g/mol. The van der Waals surface area contributed by atoms with Crippen LogP contribution in [0, 0.1) is 0 Å². The van der Waals surface area contributed by atoms with Crippen molar-refractivity contribution >= 4 is 22.6 Å². The Morgan fingerprint density at radius 2 is 2.29 bits per heavy atom. The number of alkyl halides is 1. The molecule has 0 bridgehead atoms. The minimum Gasteiger partial charge on any atom is -0.395 e. The molecule has 2 N–H and O–H groups in total. The molecule has 4 heteroatoms. The molecule has 0 aromatic heterocycles. The summed E-state index contributed by atoms with van der Waals surface area (Å²) in [6, 6.07) is 0. The highest BCUT2D eigenvalue weighted by atomic mass is 127. The molecule has 0 aromatic rings. The molecule has 0 aliphatic carbocycles. The zero-order chi connectivity index (χ0) is 5.70. The van der Waals surface area contributed by atoms with Crippen LogP contribution in [0.5, 0.6) is 0 Å². The fourth-order valence-electron chi connectivity index (χ4n) is 0.134. The minimum atomic E-state index is 0.00241. The molecule has 0 rings (SSSR count). The van der Waals surface area contributed by atoms with Gasteiger partial charge in [-0.25, -0.2) is 4.89 Å². The van der Waals surface area contributed by atoms with E-state index in [0.717, 1.165) is 0 Å². The van der Waals surface area contributed by atoms with Gasteiger partial charge in [-0.3, -0.25) is 5.26 Å². The molecular formula is C3H7IO3. The Morgan fingerprint density at radius 1 is 1.71 bits per heavy atom. The van der Waals surface area contributed by atoms with E-state index in [2.05, 4.69) is 4.89 Å². The van der Waals surface area contributed by atoms with Crippen LogP contribution in [-0.4, -0.2) is 27.5 Å². The monoisotopic (exact) mass is 218 g/mol. The Bertz CT molecular complexity index is 41.2. The van der Waals surface area contributed by atoms with E-state index in [-0.39, 0.29) is 17.1 Å². The second-order valence-corrected chi connectivity index (χ2v) is 2.84. The SMILES string of the molecule is OCC(I)COO. The van der Waals surface area contributed by atoms with Gasteiger partial charge in [-0.2, -0.15) is 0 Å². The standard InChI is InChI=1S/C3H7IO3/c4-3(1-5)2-7-6/h3,5-6H,1-2H2. The van der Waals surface area contributed by atoms with Crippen molar-refractivity contribution < 1.29 is 15.3 Å². The average Bonchev–Trinajstić information content (AvgIpc) is 1.68. The quantitative estimate of drug-likeness (QED) is 0.309. The third kappa shape index (κ3) is 4.46. The molecule has 1 atom stereocenters. The third-order valence-corrected chi connectivity index (χ3v) is 1.21. The molecule has 0 fully saturated rings. The van der Waals surface area contributed by atoms with E-state index in [4.69, 9.17) is 10.4 Å². The molecule has 44 valence electrons. The second kappa shape index (κ2) is 4.76. The summed E-state index contributed by atoms with van der Waals surface area (Å²) in [4.78, 5) is 3.73. The highest BCUT2D eigenvalue weighted by molar-refractivity contribution is 14.1. The maximum atomic E-state index is 8.27. The summed E-state index contributed by atoms with van der Waals surface area (Å²) in [6.07, 6.45) is 0. The van der Waals surface area contributed by atoms with Crippen LogP contribution in [0.4, 0.5) is 0 Å². The van der Waals surface area contributed by atoms with E-state index in [1.165, 1.54) is 0 Å². The maximum Gasteiger partial charge on any atom is 0.0959 e. The summed E-state index contributed by atoms with van der Waals surface area (Å²) in [5.41, 5.74) is 0. The minimum absolute atomic E-state index is 0.00241. The molecule has 0 aliphatic heterocycles. The van der Waals surface area contributed by atoms with Crippen molar-refractivity contribution in [1.82, 2.24) is 0 Å². The van der Waals surface area contributed by atoms with Gasteiger partial charge in [0.25, 0.3) is 0 Å². The predicted molar refractivity (Wildman–Crippen MR) is 33.5 cm³/mol. The number of hydrogen-bond donors (Lipinski definition) is 2. The normalized spacial score (nSPS) is 14.1. The van der Waals surface area contributed by atoms with Gasteiger partial charge in [0, 0.05) is 0 Å². The van der Waals surface area contributed by atoms with Crippen LogP contribution < -0.4 is 0 Å². The first-order valence-corrected chi connectivity index (χ1v) is 3.07. The first-order valence-electron chi connectivity index (χ1n) is 1.82. The van der Waals surface area contributed by atoms with Crippen LogP contribution in [-0.2, 0) is 4.89 Å². The maximum absolute atomic E-state index is 8.27. The van der Waals surface area contributed by atoms with Gasteiger partial charge in [0.05, 0.1) is 17.1 Å². The lowest BCUT2D eigenvalue weighted by molar-refractivity contribution is -0.241. The van der Waals surface area contributed by atoms with Crippen molar-refractivity contribution in [2.75, 3.05) is 13.2 Å². The van der Waals surface area contributed by atoms with Crippen molar-refractivity contribution in [2.45, 2.75) is 3.92 Å². The Labute approximate surface area is 55.4 Å². The molecule has 0 aromatic carbocycles. The van der Waals surface area contributed by atoms with E-state index >= 15 is 0 Å². The van der Waals surface area contributed by atoms with Gasteiger partial charge in [-0.15, -0.1) is 0 Å². The Hall–Kier alpha value is 0.610. The smallest absolute Gasteiger partial charge is 0.0959 e. The zero-order valence-electron chi connectivity index (χ0n) is 3.67. The lowest BCUT2D eigenvalue weighted by Crippen LogP contribution is -2.10. The van der Waals surface area contributed by atoms with E-state index < -0.39 is 0 Å². The van der Waals surface area contributed by atoms with Crippen molar-refractivity contribution in [3.63, 3.8) is 0 Å². The van der Waals surface area contributed by atoms with Gasteiger partial charge < -0.3 is 5.11 Å². The molecule has 0 heterocycles. The highest BCUT2D eigenvalue weighted by Gasteiger charge is 1.98. The van der Waals surface area contributed by atoms with Crippen LogP contribution in [0.15, 0.2) is 0 Å². The van der Waals surface area contributed by atoms with Gasteiger partial charge in [0.15, 0.2) is 0 Å².